The Morgan fingerprint density at radius 2 is 1.96 bits per heavy atom. The van der Waals surface area contributed by atoms with Crippen LogP contribution in [0.1, 0.15) is 19.3 Å². The SMILES string of the molecule is CN1CCC(CCNC(=O)CN(c2ccccc2F)S(C)(=O)=O)CC1. The van der Waals surface area contributed by atoms with Gasteiger partial charge >= 0.3 is 0 Å². The van der Waals surface area contributed by atoms with Crippen molar-refractivity contribution < 1.29 is 17.6 Å². The molecule has 140 valence electrons. The molecule has 1 aliphatic heterocycles. The second-order valence-electron chi connectivity index (χ2n) is 6.61. The van der Waals surface area contributed by atoms with Crippen LogP contribution >= 0.6 is 0 Å². The lowest BCUT2D eigenvalue weighted by molar-refractivity contribution is -0.119. The van der Waals surface area contributed by atoms with Gasteiger partial charge in [-0.1, -0.05) is 12.1 Å². The molecule has 1 amide bonds. The molecule has 0 spiro atoms. The van der Waals surface area contributed by atoms with Crippen LogP contribution in [0.2, 0.25) is 0 Å². The van der Waals surface area contributed by atoms with Gasteiger partial charge in [0.1, 0.15) is 12.4 Å². The Hall–Kier alpha value is -1.67. The van der Waals surface area contributed by atoms with Crippen LogP contribution in [0.5, 0.6) is 0 Å². The van der Waals surface area contributed by atoms with Gasteiger partial charge in [0.2, 0.25) is 15.9 Å². The summed E-state index contributed by atoms with van der Waals surface area (Å²) in [5.41, 5.74) is -0.115. The molecule has 1 saturated heterocycles. The number of carbonyl (C=O) groups is 1. The highest BCUT2D eigenvalue weighted by molar-refractivity contribution is 7.92. The predicted molar refractivity (Wildman–Crippen MR) is 96.4 cm³/mol. The minimum atomic E-state index is -3.76. The Labute approximate surface area is 149 Å². The summed E-state index contributed by atoms with van der Waals surface area (Å²) in [4.78, 5) is 14.4. The third kappa shape index (κ3) is 5.97. The van der Waals surface area contributed by atoms with Crippen molar-refractivity contribution in [2.75, 3.05) is 43.8 Å². The van der Waals surface area contributed by atoms with Crippen LogP contribution in [-0.4, -0.2) is 58.7 Å². The van der Waals surface area contributed by atoms with E-state index in [1.54, 1.807) is 0 Å². The Morgan fingerprint density at radius 1 is 1.32 bits per heavy atom. The lowest BCUT2D eigenvalue weighted by Crippen LogP contribution is -2.41. The highest BCUT2D eigenvalue weighted by Gasteiger charge is 2.23. The summed E-state index contributed by atoms with van der Waals surface area (Å²) in [5.74, 6) is -0.525. The zero-order valence-corrected chi connectivity index (χ0v) is 15.6. The van der Waals surface area contributed by atoms with Crippen LogP contribution in [0.4, 0.5) is 10.1 Å². The standard InChI is InChI=1S/C17H26FN3O3S/c1-20-11-8-14(9-12-20)7-10-19-17(22)13-21(25(2,23)24)16-6-4-3-5-15(16)18/h3-6,14H,7-13H2,1-2H3,(H,19,22). The molecule has 2 rings (SSSR count). The van der Waals surface area contributed by atoms with Crippen LogP contribution in [0, 0.1) is 11.7 Å². The first-order chi connectivity index (χ1) is 11.8. The van der Waals surface area contributed by atoms with Gasteiger partial charge in [0.25, 0.3) is 0 Å². The van der Waals surface area contributed by atoms with Gasteiger partial charge in [-0.2, -0.15) is 0 Å². The van der Waals surface area contributed by atoms with Crippen molar-refractivity contribution >= 4 is 21.6 Å². The maximum absolute atomic E-state index is 13.9. The van der Waals surface area contributed by atoms with E-state index < -0.39 is 28.3 Å². The molecule has 1 N–H and O–H groups in total. The predicted octanol–water partition coefficient (Wildman–Crippen LogP) is 1.44. The number of sulfonamides is 1. The Kier molecular flexibility index (Phi) is 6.78. The topological polar surface area (TPSA) is 69.7 Å². The summed E-state index contributed by atoms with van der Waals surface area (Å²) in [6.07, 6.45) is 4.05. The molecule has 0 unspecified atom stereocenters. The van der Waals surface area contributed by atoms with Crippen molar-refractivity contribution in [2.45, 2.75) is 19.3 Å². The maximum atomic E-state index is 13.9. The van der Waals surface area contributed by atoms with Crippen LogP contribution in [-0.2, 0) is 14.8 Å². The van der Waals surface area contributed by atoms with Crippen molar-refractivity contribution in [1.82, 2.24) is 10.2 Å². The number of rotatable bonds is 7. The third-order valence-electron chi connectivity index (χ3n) is 4.52. The van der Waals surface area contributed by atoms with Crippen LogP contribution < -0.4 is 9.62 Å². The lowest BCUT2D eigenvalue weighted by Gasteiger charge is -2.29. The summed E-state index contributed by atoms with van der Waals surface area (Å²) in [5, 5.41) is 2.75. The molecule has 1 aliphatic rings. The van der Waals surface area contributed by atoms with Crippen molar-refractivity contribution in [1.29, 1.82) is 0 Å². The second-order valence-corrected chi connectivity index (χ2v) is 8.51. The molecular weight excluding hydrogens is 345 g/mol. The van der Waals surface area contributed by atoms with E-state index >= 15 is 0 Å². The zero-order valence-electron chi connectivity index (χ0n) is 14.7. The molecule has 0 radical (unpaired) electrons. The fourth-order valence-corrected chi connectivity index (χ4v) is 3.84. The molecule has 0 aliphatic carbocycles. The van der Waals surface area contributed by atoms with Crippen LogP contribution in [0.25, 0.3) is 0 Å². The van der Waals surface area contributed by atoms with Crippen molar-refractivity contribution in [2.24, 2.45) is 5.92 Å². The fraction of sp³-hybridized carbons (Fsp3) is 0.588. The number of anilines is 1. The first-order valence-corrected chi connectivity index (χ1v) is 10.3. The summed E-state index contributed by atoms with van der Waals surface area (Å²) in [7, 11) is -1.66. The van der Waals surface area contributed by atoms with Gasteiger partial charge in [0, 0.05) is 6.54 Å². The molecule has 0 atom stereocenters. The molecule has 1 aromatic rings. The highest BCUT2D eigenvalue weighted by atomic mass is 32.2. The second kappa shape index (κ2) is 8.62. The summed E-state index contributed by atoms with van der Waals surface area (Å²) in [6, 6.07) is 5.53. The summed E-state index contributed by atoms with van der Waals surface area (Å²) < 4.78 is 38.6. The number of piperidine rings is 1. The number of benzene rings is 1. The molecule has 1 aromatic carbocycles. The number of likely N-dealkylation sites (tertiary alicyclic amines) is 1. The zero-order chi connectivity index (χ0) is 18.4. The first-order valence-electron chi connectivity index (χ1n) is 8.45. The summed E-state index contributed by atoms with van der Waals surface area (Å²) in [6.45, 7) is 2.21. The average molecular weight is 371 g/mol. The number of hydrogen-bond acceptors (Lipinski definition) is 4. The number of nitrogens with zero attached hydrogens (tertiary/aromatic N) is 2. The number of para-hydroxylation sites is 1. The minimum absolute atomic E-state index is 0.115. The van der Waals surface area contributed by atoms with Crippen molar-refractivity contribution in [3.8, 4) is 0 Å². The minimum Gasteiger partial charge on any atom is -0.355 e. The van der Waals surface area contributed by atoms with E-state index in [1.807, 2.05) is 0 Å². The fourth-order valence-electron chi connectivity index (χ4n) is 2.99. The molecule has 0 bridgehead atoms. The smallest absolute Gasteiger partial charge is 0.240 e. The van der Waals surface area contributed by atoms with Gasteiger partial charge in [-0.05, 0) is 57.5 Å². The van der Waals surface area contributed by atoms with Gasteiger partial charge in [-0.3, -0.25) is 9.10 Å². The average Bonchev–Trinajstić information content (AvgIpc) is 2.54. The number of hydrogen-bond donors (Lipinski definition) is 1. The molecular formula is C17H26FN3O3S. The van der Waals surface area contributed by atoms with E-state index in [0.717, 1.165) is 42.9 Å². The van der Waals surface area contributed by atoms with E-state index in [2.05, 4.69) is 17.3 Å². The molecule has 1 heterocycles. The van der Waals surface area contributed by atoms with Crippen LogP contribution in [0.3, 0.4) is 0 Å². The quantitative estimate of drug-likeness (QED) is 0.787. The van der Waals surface area contributed by atoms with Crippen molar-refractivity contribution in [3.05, 3.63) is 30.1 Å². The maximum Gasteiger partial charge on any atom is 0.240 e. The third-order valence-corrected chi connectivity index (χ3v) is 5.65. The van der Waals surface area contributed by atoms with Gasteiger partial charge in [-0.25, -0.2) is 12.8 Å². The van der Waals surface area contributed by atoms with Gasteiger partial charge in [0.15, 0.2) is 0 Å². The molecule has 6 nitrogen and oxygen atoms in total. The lowest BCUT2D eigenvalue weighted by atomic mass is 9.94. The number of nitrogens with one attached hydrogen (secondary N) is 1. The van der Waals surface area contributed by atoms with E-state index in [4.69, 9.17) is 0 Å². The van der Waals surface area contributed by atoms with Gasteiger partial charge < -0.3 is 10.2 Å². The normalized spacial score (nSPS) is 16.6. The van der Waals surface area contributed by atoms with Crippen molar-refractivity contribution in [3.63, 3.8) is 0 Å². The van der Waals surface area contributed by atoms with E-state index in [-0.39, 0.29) is 5.69 Å². The molecule has 8 heteroatoms. The van der Waals surface area contributed by atoms with E-state index in [9.17, 15) is 17.6 Å². The number of halogens is 1. The molecule has 0 aromatic heterocycles. The largest absolute Gasteiger partial charge is 0.355 e. The first kappa shape index (κ1) is 19.7. The Bertz CT molecular complexity index is 688. The molecule has 1 fully saturated rings. The molecule has 0 saturated carbocycles. The van der Waals surface area contributed by atoms with Gasteiger partial charge in [-0.15, -0.1) is 0 Å². The Morgan fingerprint density at radius 3 is 2.56 bits per heavy atom. The Balaban J connectivity index is 1.89. The summed E-state index contributed by atoms with van der Waals surface area (Å²) >= 11 is 0. The van der Waals surface area contributed by atoms with Crippen LogP contribution in [0.15, 0.2) is 24.3 Å². The van der Waals surface area contributed by atoms with Gasteiger partial charge in [0.05, 0.1) is 11.9 Å². The molecule has 25 heavy (non-hydrogen) atoms. The monoisotopic (exact) mass is 371 g/mol. The van der Waals surface area contributed by atoms with E-state index in [1.165, 1.54) is 24.3 Å². The number of amides is 1. The van der Waals surface area contributed by atoms with E-state index in [0.29, 0.717) is 12.5 Å². The highest BCUT2D eigenvalue weighted by Crippen LogP contribution is 2.21. The number of carbonyl (C=O) groups excluding carboxylic acids is 1.